The number of ether oxygens (including phenoxy) is 2. The highest BCUT2D eigenvalue weighted by Crippen LogP contribution is 2.17. The summed E-state index contributed by atoms with van der Waals surface area (Å²) >= 11 is 5.87. The molecule has 1 unspecified atom stereocenters. The van der Waals surface area contributed by atoms with Gasteiger partial charge in [-0.25, -0.2) is 5.01 Å². The molecule has 0 aromatic heterocycles. The van der Waals surface area contributed by atoms with Crippen LogP contribution in [0.5, 0.6) is 11.5 Å². The van der Waals surface area contributed by atoms with E-state index in [4.69, 9.17) is 21.1 Å². The highest BCUT2D eigenvalue weighted by atomic mass is 35.5. The molecular weight excluding hydrogens is 324 g/mol. The summed E-state index contributed by atoms with van der Waals surface area (Å²) in [5.74, 6) is 1.76. The zero-order valence-electron chi connectivity index (χ0n) is 13.9. The van der Waals surface area contributed by atoms with Crippen LogP contribution in [0, 0.1) is 0 Å². The van der Waals surface area contributed by atoms with Crippen molar-refractivity contribution >= 4 is 11.6 Å². The molecule has 0 spiro atoms. The molecule has 1 aliphatic heterocycles. The Morgan fingerprint density at radius 2 is 1.79 bits per heavy atom. The third kappa shape index (κ3) is 4.87. The molecule has 1 aliphatic rings. The Kier molecular flexibility index (Phi) is 5.96. The van der Waals surface area contributed by atoms with E-state index in [1.165, 1.54) is 5.56 Å². The fourth-order valence-electron chi connectivity index (χ4n) is 2.87. The minimum atomic E-state index is 0.480. The van der Waals surface area contributed by atoms with Crippen LogP contribution in [0.3, 0.4) is 0 Å². The molecule has 0 radical (unpaired) electrons. The molecule has 1 saturated heterocycles. The second-order valence-electron chi connectivity index (χ2n) is 5.96. The van der Waals surface area contributed by atoms with Crippen LogP contribution in [-0.2, 0) is 6.42 Å². The first-order valence-corrected chi connectivity index (χ1v) is 8.63. The number of benzene rings is 2. The van der Waals surface area contributed by atoms with Crippen molar-refractivity contribution < 1.29 is 9.47 Å². The second kappa shape index (κ2) is 8.38. The van der Waals surface area contributed by atoms with Gasteiger partial charge in [0.2, 0.25) is 0 Å². The number of nitrogens with one attached hydrogen (secondary N) is 1. The van der Waals surface area contributed by atoms with Crippen molar-refractivity contribution in [2.24, 2.45) is 0 Å². The van der Waals surface area contributed by atoms with E-state index in [0.717, 1.165) is 42.5 Å². The zero-order valence-corrected chi connectivity index (χ0v) is 14.6. The molecular formula is C19H23ClN2O2. The van der Waals surface area contributed by atoms with Gasteiger partial charge in [-0.3, -0.25) is 5.43 Å². The van der Waals surface area contributed by atoms with Gasteiger partial charge in [0.25, 0.3) is 0 Å². The molecule has 2 aromatic rings. The van der Waals surface area contributed by atoms with Gasteiger partial charge in [0.05, 0.1) is 7.11 Å². The summed E-state index contributed by atoms with van der Waals surface area (Å²) in [6.07, 6.45) is 2.17. The lowest BCUT2D eigenvalue weighted by molar-refractivity contribution is 0.184. The predicted molar refractivity (Wildman–Crippen MR) is 96.8 cm³/mol. The lowest BCUT2D eigenvalue weighted by Gasteiger charge is -2.18. The van der Waals surface area contributed by atoms with Crippen molar-refractivity contribution in [1.29, 1.82) is 0 Å². The van der Waals surface area contributed by atoms with Crippen LogP contribution >= 0.6 is 11.6 Å². The third-order valence-electron chi connectivity index (χ3n) is 4.20. The number of rotatable bonds is 7. The molecule has 0 bridgehead atoms. The van der Waals surface area contributed by atoms with E-state index >= 15 is 0 Å². The Balaban J connectivity index is 1.39. The maximum Gasteiger partial charge on any atom is 0.119 e. The fourth-order valence-corrected chi connectivity index (χ4v) is 3.00. The zero-order chi connectivity index (χ0) is 16.8. The van der Waals surface area contributed by atoms with E-state index in [2.05, 4.69) is 22.6 Å². The average molecular weight is 347 g/mol. The Morgan fingerprint density at radius 3 is 2.50 bits per heavy atom. The minimum absolute atomic E-state index is 0.480. The molecule has 0 saturated carbocycles. The molecule has 1 N–H and O–H groups in total. The summed E-state index contributed by atoms with van der Waals surface area (Å²) in [4.78, 5) is 0. The predicted octanol–water partition coefficient (Wildman–Crippen LogP) is 3.55. The van der Waals surface area contributed by atoms with Crippen molar-refractivity contribution in [3.63, 3.8) is 0 Å². The number of nitrogens with zero attached hydrogens (tertiary/aromatic N) is 1. The van der Waals surface area contributed by atoms with Crippen LogP contribution in [0.1, 0.15) is 12.0 Å². The molecule has 24 heavy (non-hydrogen) atoms. The van der Waals surface area contributed by atoms with E-state index in [-0.39, 0.29) is 0 Å². The molecule has 128 valence electrons. The van der Waals surface area contributed by atoms with E-state index in [1.54, 1.807) is 7.11 Å². The monoisotopic (exact) mass is 346 g/mol. The lowest BCUT2D eigenvalue weighted by Crippen LogP contribution is -2.38. The van der Waals surface area contributed by atoms with Gasteiger partial charge in [-0.2, -0.15) is 0 Å². The molecule has 4 nitrogen and oxygen atoms in total. The van der Waals surface area contributed by atoms with Crippen LogP contribution in [-0.4, -0.2) is 37.9 Å². The first-order chi connectivity index (χ1) is 11.7. The highest BCUT2D eigenvalue weighted by molar-refractivity contribution is 6.30. The second-order valence-corrected chi connectivity index (χ2v) is 6.39. The largest absolute Gasteiger partial charge is 0.497 e. The Bertz CT molecular complexity index is 631. The third-order valence-corrected chi connectivity index (χ3v) is 4.45. The maximum atomic E-state index is 5.87. The highest BCUT2D eigenvalue weighted by Gasteiger charge is 2.21. The summed E-state index contributed by atoms with van der Waals surface area (Å²) in [6.45, 7) is 2.57. The molecule has 1 fully saturated rings. The Labute approximate surface area is 148 Å². The number of halogens is 1. The van der Waals surface area contributed by atoms with Gasteiger partial charge in [0, 0.05) is 24.2 Å². The van der Waals surface area contributed by atoms with Crippen LogP contribution in [0.2, 0.25) is 5.02 Å². The molecule has 0 amide bonds. The quantitative estimate of drug-likeness (QED) is 0.831. The SMILES string of the molecule is COc1ccc(CC2CCN(CCOc3ccc(Cl)cc3)N2)cc1. The lowest BCUT2D eigenvalue weighted by atomic mass is 10.0. The van der Waals surface area contributed by atoms with Gasteiger partial charge in [-0.05, 0) is 54.8 Å². The van der Waals surface area contributed by atoms with E-state index in [0.29, 0.717) is 12.6 Å². The van der Waals surface area contributed by atoms with Crippen LogP contribution in [0.25, 0.3) is 0 Å². The number of hydrogen-bond acceptors (Lipinski definition) is 4. The molecule has 1 heterocycles. The summed E-state index contributed by atoms with van der Waals surface area (Å²) in [5, 5.41) is 2.97. The molecule has 1 atom stereocenters. The van der Waals surface area contributed by atoms with Gasteiger partial charge in [0.1, 0.15) is 18.1 Å². The van der Waals surface area contributed by atoms with E-state index in [9.17, 15) is 0 Å². The van der Waals surface area contributed by atoms with Crippen molar-refractivity contribution in [3.05, 3.63) is 59.1 Å². The van der Waals surface area contributed by atoms with Gasteiger partial charge in [0.15, 0.2) is 0 Å². The van der Waals surface area contributed by atoms with Crippen molar-refractivity contribution in [3.8, 4) is 11.5 Å². The topological polar surface area (TPSA) is 33.7 Å². The molecule has 2 aromatic carbocycles. The summed E-state index contributed by atoms with van der Waals surface area (Å²) in [7, 11) is 1.69. The first-order valence-electron chi connectivity index (χ1n) is 8.25. The number of methoxy groups -OCH3 is 1. The van der Waals surface area contributed by atoms with Crippen LogP contribution in [0.15, 0.2) is 48.5 Å². The van der Waals surface area contributed by atoms with Crippen molar-refractivity contribution in [1.82, 2.24) is 10.4 Å². The normalized spacial score (nSPS) is 17.8. The fraction of sp³-hybridized carbons (Fsp3) is 0.368. The summed E-state index contributed by atoms with van der Waals surface area (Å²) < 4.78 is 10.9. The van der Waals surface area contributed by atoms with Crippen LogP contribution in [0.4, 0.5) is 0 Å². The molecule has 0 aliphatic carbocycles. The summed E-state index contributed by atoms with van der Waals surface area (Å²) in [5.41, 5.74) is 4.89. The van der Waals surface area contributed by atoms with Crippen molar-refractivity contribution in [2.45, 2.75) is 18.9 Å². The first kappa shape index (κ1) is 17.1. The van der Waals surface area contributed by atoms with E-state index in [1.807, 2.05) is 36.4 Å². The van der Waals surface area contributed by atoms with Crippen LogP contribution < -0.4 is 14.9 Å². The maximum absolute atomic E-state index is 5.87. The average Bonchev–Trinajstić information content (AvgIpc) is 3.05. The number of hydrogen-bond donors (Lipinski definition) is 1. The molecule has 3 rings (SSSR count). The van der Waals surface area contributed by atoms with Gasteiger partial charge in [-0.15, -0.1) is 0 Å². The minimum Gasteiger partial charge on any atom is -0.497 e. The van der Waals surface area contributed by atoms with Crippen molar-refractivity contribution in [2.75, 3.05) is 26.8 Å². The Morgan fingerprint density at radius 1 is 1.08 bits per heavy atom. The summed E-state index contributed by atoms with van der Waals surface area (Å²) in [6, 6.07) is 16.3. The van der Waals surface area contributed by atoms with Gasteiger partial charge >= 0.3 is 0 Å². The standard InChI is InChI=1S/C19H23ClN2O2/c1-23-18-6-2-15(3-7-18)14-17-10-11-22(21-17)12-13-24-19-8-4-16(20)5-9-19/h2-9,17,21H,10-14H2,1H3. The molecule has 5 heteroatoms. The van der Waals surface area contributed by atoms with E-state index < -0.39 is 0 Å². The Hall–Kier alpha value is -1.75. The number of hydrazine groups is 1. The van der Waals surface area contributed by atoms with Gasteiger partial charge < -0.3 is 9.47 Å². The van der Waals surface area contributed by atoms with Gasteiger partial charge in [-0.1, -0.05) is 23.7 Å². The smallest absolute Gasteiger partial charge is 0.119 e.